The molecule has 2 aromatic rings. The molecule has 1 aromatic heterocycles. The Bertz CT molecular complexity index is 765. The highest BCUT2D eigenvalue weighted by molar-refractivity contribution is 7.99. The van der Waals surface area contributed by atoms with Crippen molar-refractivity contribution in [2.75, 3.05) is 24.6 Å². The molecule has 0 bridgehead atoms. The molecule has 23 heavy (non-hydrogen) atoms. The van der Waals surface area contributed by atoms with Gasteiger partial charge in [0.1, 0.15) is 0 Å². The van der Waals surface area contributed by atoms with E-state index in [1.54, 1.807) is 0 Å². The molecule has 3 rings (SSSR count). The van der Waals surface area contributed by atoms with Gasteiger partial charge in [-0.15, -0.1) is 10.2 Å². The molecule has 0 saturated carbocycles. The molecule has 0 atom stereocenters. The first-order valence-corrected chi connectivity index (χ1v) is 8.95. The van der Waals surface area contributed by atoms with Gasteiger partial charge in [-0.3, -0.25) is 9.47 Å². The minimum Gasteiger partial charge on any atom is -0.493 e. The lowest BCUT2D eigenvalue weighted by Crippen LogP contribution is -2.34. The second-order valence-corrected chi connectivity index (χ2v) is 7.17. The van der Waals surface area contributed by atoms with Crippen LogP contribution >= 0.6 is 24.0 Å². The molecule has 1 aliphatic rings. The fourth-order valence-electron chi connectivity index (χ4n) is 2.72. The smallest absolute Gasteiger partial charge is 0.221 e. The molecule has 0 amide bonds. The van der Waals surface area contributed by atoms with E-state index in [4.69, 9.17) is 18.0 Å². The van der Waals surface area contributed by atoms with Crippen molar-refractivity contribution in [2.45, 2.75) is 13.6 Å². The van der Waals surface area contributed by atoms with Crippen LogP contribution in [0.15, 0.2) is 28.4 Å². The van der Waals surface area contributed by atoms with Gasteiger partial charge < -0.3 is 10.8 Å². The van der Waals surface area contributed by atoms with Crippen molar-refractivity contribution in [1.82, 2.24) is 9.47 Å². The molecule has 0 unspecified atom stereocenters. The van der Waals surface area contributed by atoms with E-state index in [9.17, 15) is 5.11 Å². The van der Waals surface area contributed by atoms with Crippen LogP contribution in [0.25, 0.3) is 10.9 Å². The molecule has 3 N–H and O–H groups in total. The van der Waals surface area contributed by atoms with E-state index in [-0.39, 0.29) is 11.0 Å². The lowest BCUT2D eigenvalue weighted by molar-refractivity contribution is 0.232. The number of hydrogen-bond acceptors (Lipinski definition) is 5. The second kappa shape index (κ2) is 6.86. The van der Waals surface area contributed by atoms with E-state index in [1.807, 2.05) is 41.5 Å². The number of aromatic hydroxyl groups is 1. The number of aryl methyl sites for hydroxylation is 1. The van der Waals surface area contributed by atoms with Gasteiger partial charge in [-0.1, -0.05) is 11.6 Å². The first-order chi connectivity index (χ1) is 11.1. The van der Waals surface area contributed by atoms with Crippen LogP contribution in [0.1, 0.15) is 5.56 Å². The van der Waals surface area contributed by atoms with Crippen LogP contribution in [0.3, 0.4) is 0 Å². The van der Waals surface area contributed by atoms with Crippen molar-refractivity contribution in [2.24, 2.45) is 16.0 Å². The van der Waals surface area contributed by atoms with E-state index < -0.39 is 0 Å². The lowest BCUT2D eigenvalue weighted by atomic mass is 10.1. The number of fused-ring (bicyclic) bond motifs is 1. The highest BCUT2D eigenvalue weighted by atomic mass is 32.2. The summed E-state index contributed by atoms with van der Waals surface area (Å²) in [5.74, 6) is 2.34. The van der Waals surface area contributed by atoms with Crippen LogP contribution in [0.4, 0.5) is 5.69 Å². The summed E-state index contributed by atoms with van der Waals surface area (Å²) in [6, 6.07) is 6.02. The van der Waals surface area contributed by atoms with Crippen molar-refractivity contribution in [3.63, 3.8) is 0 Å². The van der Waals surface area contributed by atoms with E-state index in [2.05, 4.69) is 15.1 Å². The van der Waals surface area contributed by atoms with Crippen LogP contribution in [-0.4, -0.2) is 44.3 Å². The Labute approximate surface area is 144 Å². The van der Waals surface area contributed by atoms with Gasteiger partial charge in [-0.2, -0.15) is 11.8 Å². The average Bonchev–Trinajstić information content (AvgIpc) is 2.78. The number of nitrogens with zero attached hydrogens (tertiary/aromatic N) is 4. The third-order valence-corrected chi connectivity index (χ3v) is 4.88. The van der Waals surface area contributed by atoms with Crippen molar-refractivity contribution >= 4 is 45.7 Å². The monoisotopic (exact) mass is 349 g/mol. The number of thiocarbonyl (C=S) groups is 1. The molecule has 0 spiro atoms. The van der Waals surface area contributed by atoms with E-state index in [1.165, 1.54) is 0 Å². The van der Waals surface area contributed by atoms with Crippen LogP contribution in [0, 0.1) is 6.92 Å². The van der Waals surface area contributed by atoms with E-state index in [0.717, 1.165) is 41.1 Å². The molecule has 0 radical (unpaired) electrons. The minimum absolute atomic E-state index is 0.0500. The standard InChI is InChI=1S/C15H19N5OS2/c1-10-2-3-12-11(8-10)13(17-18-15(16)22)14(21)20(12)9-19-4-6-23-7-5-19/h2-3,8,21H,4-7,9H2,1H3,(H2,16,22). The van der Waals surface area contributed by atoms with Gasteiger partial charge in [0.25, 0.3) is 0 Å². The largest absolute Gasteiger partial charge is 0.493 e. The summed E-state index contributed by atoms with van der Waals surface area (Å²) in [7, 11) is 0. The maximum absolute atomic E-state index is 10.6. The fourth-order valence-corrected chi connectivity index (χ4v) is 3.74. The quantitative estimate of drug-likeness (QED) is 0.658. The molecule has 0 aliphatic carbocycles. The Balaban J connectivity index is 2.05. The number of aromatic nitrogens is 1. The molecular formula is C15H19N5OS2. The minimum atomic E-state index is -0.0500. The van der Waals surface area contributed by atoms with Crippen LogP contribution in [-0.2, 0) is 6.67 Å². The first kappa shape index (κ1) is 16.2. The molecule has 1 aromatic carbocycles. The predicted octanol–water partition coefficient (Wildman–Crippen LogP) is 2.99. The zero-order valence-corrected chi connectivity index (χ0v) is 14.5. The SMILES string of the molecule is Cc1ccc2c(c1)c(N=NC(N)=S)c(O)n2CN1CCSCC1. The summed E-state index contributed by atoms with van der Waals surface area (Å²) in [4.78, 5) is 2.32. The molecule has 122 valence electrons. The molecular weight excluding hydrogens is 330 g/mol. The van der Waals surface area contributed by atoms with Gasteiger partial charge in [-0.05, 0) is 31.3 Å². The van der Waals surface area contributed by atoms with Crippen LogP contribution in [0.2, 0.25) is 0 Å². The van der Waals surface area contributed by atoms with Gasteiger partial charge in [0.15, 0.2) is 5.69 Å². The molecule has 2 heterocycles. The Morgan fingerprint density at radius 1 is 1.39 bits per heavy atom. The number of hydrogen-bond donors (Lipinski definition) is 2. The number of nitrogens with two attached hydrogens (primary N) is 1. The molecule has 1 aliphatic heterocycles. The number of thioether (sulfide) groups is 1. The van der Waals surface area contributed by atoms with Gasteiger partial charge in [0.05, 0.1) is 12.2 Å². The molecule has 1 saturated heterocycles. The molecule has 8 heteroatoms. The predicted molar refractivity (Wildman–Crippen MR) is 98.5 cm³/mol. The normalized spacial score (nSPS) is 16.4. The number of azo groups is 1. The Morgan fingerprint density at radius 3 is 2.83 bits per heavy atom. The van der Waals surface area contributed by atoms with Gasteiger partial charge in [-0.25, -0.2) is 0 Å². The highest BCUT2D eigenvalue weighted by Crippen LogP contribution is 2.39. The third-order valence-electron chi connectivity index (χ3n) is 3.86. The average molecular weight is 349 g/mol. The highest BCUT2D eigenvalue weighted by Gasteiger charge is 2.19. The molecule has 6 nitrogen and oxygen atoms in total. The van der Waals surface area contributed by atoms with Gasteiger partial charge >= 0.3 is 0 Å². The maximum Gasteiger partial charge on any atom is 0.221 e. The fraction of sp³-hybridized carbons (Fsp3) is 0.400. The zero-order chi connectivity index (χ0) is 16.4. The van der Waals surface area contributed by atoms with Crippen LogP contribution < -0.4 is 5.73 Å². The zero-order valence-electron chi connectivity index (χ0n) is 12.9. The summed E-state index contributed by atoms with van der Waals surface area (Å²) in [5.41, 5.74) is 7.84. The summed E-state index contributed by atoms with van der Waals surface area (Å²) in [6.45, 7) is 4.66. The van der Waals surface area contributed by atoms with Gasteiger partial charge in [0, 0.05) is 30.0 Å². The van der Waals surface area contributed by atoms with Crippen molar-refractivity contribution in [3.8, 4) is 5.88 Å². The van der Waals surface area contributed by atoms with E-state index >= 15 is 0 Å². The topological polar surface area (TPSA) is 79.1 Å². The number of rotatable bonds is 3. The van der Waals surface area contributed by atoms with Crippen molar-refractivity contribution in [1.29, 1.82) is 0 Å². The Morgan fingerprint density at radius 2 is 2.13 bits per heavy atom. The summed E-state index contributed by atoms with van der Waals surface area (Å²) in [5, 5.41) is 19.2. The maximum atomic E-state index is 10.6. The summed E-state index contributed by atoms with van der Waals surface area (Å²) < 4.78 is 1.87. The Kier molecular flexibility index (Phi) is 4.84. The van der Waals surface area contributed by atoms with Crippen LogP contribution in [0.5, 0.6) is 5.88 Å². The third kappa shape index (κ3) is 3.49. The Hall–Kier alpha value is -1.64. The first-order valence-electron chi connectivity index (χ1n) is 7.39. The summed E-state index contributed by atoms with van der Waals surface area (Å²) in [6.07, 6.45) is 0. The van der Waals surface area contributed by atoms with E-state index in [0.29, 0.717) is 12.4 Å². The molecule has 1 fully saturated rings. The second-order valence-electron chi connectivity index (χ2n) is 5.53. The van der Waals surface area contributed by atoms with Gasteiger partial charge in [0.2, 0.25) is 11.0 Å². The summed E-state index contributed by atoms with van der Waals surface area (Å²) >= 11 is 6.70. The van der Waals surface area contributed by atoms with Crippen molar-refractivity contribution < 1.29 is 5.11 Å². The number of benzene rings is 1. The lowest BCUT2D eigenvalue weighted by Gasteiger charge is -2.27. The van der Waals surface area contributed by atoms with Crippen molar-refractivity contribution in [3.05, 3.63) is 23.8 Å².